The van der Waals surface area contributed by atoms with Gasteiger partial charge in [0.2, 0.25) is 0 Å². The molecule has 2 rings (SSSR count). The minimum absolute atomic E-state index is 0.0278. The normalized spacial score (nSPS) is 18.0. The first-order valence-corrected chi connectivity index (χ1v) is 8.64. The molecule has 1 atom stereocenters. The van der Waals surface area contributed by atoms with Crippen LogP contribution in [0.4, 0.5) is 0 Å². The van der Waals surface area contributed by atoms with Gasteiger partial charge in [0.05, 0.1) is 30.0 Å². The second-order valence-corrected chi connectivity index (χ2v) is 7.25. The predicted octanol–water partition coefficient (Wildman–Crippen LogP) is 0.793. The average molecular weight is 338 g/mol. The lowest BCUT2D eigenvalue weighted by Crippen LogP contribution is -2.50. The van der Waals surface area contributed by atoms with Crippen LogP contribution in [0, 0.1) is 0 Å². The standard InChI is InChI=1S/C17H30N4O3/c1-5-24-13-15(22)12-19-6-8-20(9-7-19)16(23)14-10-18-21(11-14)17(2,3)4/h10-11,15,22H,5-9,12-13H2,1-4H3/t15-/m0/s1. The highest BCUT2D eigenvalue weighted by Crippen LogP contribution is 2.15. The summed E-state index contributed by atoms with van der Waals surface area (Å²) in [6.07, 6.45) is 2.99. The van der Waals surface area contributed by atoms with E-state index in [9.17, 15) is 9.90 Å². The van der Waals surface area contributed by atoms with Gasteiger partial charge in [0, 0.05) is 45.5 Å². The van der Waals surface area contributed by atoms with E-state index in [2.05, 4.69) is 30.8 Å². The molecule has 1 aliphatic heterocycles. The van der Waals surface area contributed by atoms with Crippen molar-refractivity contribution in [1.82, 2.24) is 19.6 Å². The molecule has 24 heavy (non-hydrogen) atoms. The molecule has 1 N–H and O–H groups in total. The van der Waals surface area contributed by atoms with Crippen LogP contribution in [-0.4, -0.2) is 82.6 Å². The molecule has 1 fully saturated rings. The van der Waals surface area contributed by atoms with Crippen LogP contribution in [0.2, 0.25) is 0 Å². The Morgan fingerprint density at radius 3 is 2.54 bits per heavy atom. The van der Waals surface area contributed by atoms with Crippen molar-refractivity contribution in [2.75, 3.05) is 45.9 Å². The first kappa shape index (κ1) is 18.9. The van der Waals surface area contributed by atoms with Gasteiger partial charge >= 0.3 is 0 Å². The number of aliphatic hydroxyl groups excluding tert-OH is 1. The van der Waals surface area contributed by atoms with Crippen LogP contribution in [0.5, 0.6) is 0 Å². The van der Waals surface area contributed by atoms with Crippen LogP contribution in [0.1, 0.15) is 38.1 Å². The van der Waals surface area contributed by atoms with Gasteiger partial charge in [-0.1, -0.05) is 0 Å². The fourth-order valence-corrected chi connectivity index (χ4v) is 2.72. The Bertz CT molecular complexity index is 530. The smallest absolute Gasteiger partial charge is 0.257 e. The van der Waals surface area contributed by atoms with Crippen molar-refractivity contribution in [3.05, 3.63) is 18.0 Å². The summed E-state index contributed by atoms with van der Waals surface area (Å²) < 4.78 is 7.05. The fourth-order valence-electron chi connectivity index (χ4n) is 2.72. The zero-order valence-electron chi connectivity index (χ0n) is 15.2. The molecular weight excluding hydrogens is 308 g/mol. The van der Waals surface area contributed by atoms with E-state index in [1.165, 1.54) is 0 Å². The van der Waals surface area contributed by atoms with Crippen molar-refractivity contribution >= 4 is 5.91 Å². The fraction of sp³-hybridized carbons (Fsp3) is 0.765. The quantitative estimate of drug-likeness (QED) is 0.830. The highest BCUT2D eigenvalue weighted by molar-refractivity contribution is 5.93. The second kappa shape index (κ2) is 8.09. The highest BCUT2D eigenvalue weighted by Gasteiger charge is 2.25. The molecule has 136 valence electrons. The molecule has 7 nitrogen and oxygen atoms in total. The van der Waals surface area contributed by atoms with E-state index in [4.69, 9.17) is 4.74 Å². The van der Waals surface area contributed by atoms with Crippen molar-refractivity contribution in [3.8, 4) is 0 Å². The maximum Gasteiger partial charge on any atom is 0.257 e. The molecule has 2 heterocycles. The highest BCUT2D eigenvalue weighted by atomic mass is 16.5. The molecule has 0 radical (unpaired) electrons. The van der Waals surface area contributed by atoms with E-state index >= 15 is 0 Å². The molecule has 0 unspecified atom stereocenters. The number of carbonyl (C=O) groups excluding carboxylic acids is 1. The maximum atomic E-state index is 12.6. The molecule has 0 aromatic carbocycles. The molecule has 0 saturated carbocycles. The molecule has 0 spiro atoms. The van der Waals surface area contributed by atoms with Gasteiger partial charge in [0.1, 0.15) is 0 Å². The molecular formula is C17H30N4O3. The van der Waals surface area contributed by atoms with Crippen molar-refractivity contribution < 1.29 is 14.6 Å². The van der Waals surface area contributed by atoms with Crippen molar-refractivity contribution in [1.29, 1.82) is 0 Å². The Labute approximate surface area is 144 Å². The molecule has 0 bridgehead atoms. The molecule has 0 aliphatic carbocycles. The Hall–Kier alpha value is -1.44. The van der Waals surface area contributed by atoms with Gasteiger partial charge in [0.25, 0.3) is 5.91 Å². The summed E-state index contributed by atoms with van der Waals surface area (Å²) in [5.41, 5.74) is 0.503. The van der Waals surface area contributed by atoms with Gasteiger partial charge in [-0.15, -0.1) is 0 Å². The summed E-state index contributed by atoms with van der Waals surface area (Å²) in [5, 5.41) is 14.2. The lowest BCUT2D eigenvalue weighted by Gasteiger charge is -2.35. The van der Waals surface area contributed by atoms with Gasteiger partial charge in [-0.25, -0.2) is 0 Å². The summed E-state index contributed by atoms with van der Waals surface area (Å²) in [7, 11) is 0. The molecule has 7 heteroatoms. The van der Waals surface area contributed by atoms with Gasteiger partial charge in [-0.05, 0) is 27.7 Å². The Balaban J connectivity index is 1.83. The number of β-amino-alcohol motifs (C(OH)–C–C–N with tert-alkyl or cyclic N) is 1. The lowest BCUT2D eigenvalue weighted by molar-refractivity contribution is 0.0111. The Morgan fingerprint density at radius 1 is 1.33 bits per heavy atom. The Morgan fingerprint density at radius 2 is 2.00 bits per heavy atom. The van der Waals surface area contributed by atoms with Crippen molar-refractivity contribution in [2.45, 2.75) is 39.3 Å². The largest absolute Gasteiger partial charge is 0.389 e. The third-order valence-corrected chi connectivity index (χ3v) is 4.16. The van der Waals surface area contributed by atoms with E-state index in [0.717, 1.165) is 13.1 Å². The molecule has 1 saturated heterocycles. The summed E-state index contributed by atoms with van der Waals surface area (Å²) >= 11 is 0. The van der Waals surface area contributed by atoms with E-state index in [1.807, 2.05) is 22.7 Å². The van der Waals surface area contributed by atoms with E-state index < -0.39 is 6.10 Å². The number of carbonyl (C=O) groups is 1. The molecule has 1 aliphatic rings. The van der Waals surface area contributed by atoms with Gasteiger partial charge in [-0.3, -0.25) is 14.4 Å². The number of aromatic nitrogens is 2. The van der Waals surface area contributed by atoms with Crippen LogP contribution in [0.15, 0.2) is 12.4 Å². The number of nitrogens with zero attached hydrogens (tertiary/aromatic N) is 4. The summed E-state index contributed by atoms with van der Waals surface area (Å²) in [5.74, 6) is 0.0278. The van der Waals surface area contributed by atoms with E-state index in [0.29, 0.717) is 38.4 Å². The van der Waals surface area contributed by atoms with Crippen LogP contribution < -0.4 is 0 Å². The summed E-state index contributed by atoms with van der Waals surface area (Å²) in [4.78, 5) is 16.6. The number of rotatable bonds is 6. The number of ether oxygens (including phenoxy) is 1. The van der Waals surface area contributed by atoms with E-state index in [-0.39, 0.29) is 11.4 Å². The zero-order valence-corrected chi connectivity index (χ0v) is 15.2. The number of amides is 1. The van der Waals surface area contributed by atoms with Crippen molar-refractivity contribution in [3.63, 3.8) is 0 Å². The minimum Gasteiger partial charge on any atom is -0.389 e. The summed E-state index contributed by atoms with van der Waals surface area (Å²) in [6, 6.07) is 0. The second-order valence-electron chi connectivity index (χ2n) is 7.25. The molecule has 1 amide bonds. The number of hydrogen-bond acceptors (Lipinski definition) is 5. The third kappa shape index (κ3) is 5.03. The molecule has 1 aromatic rings. The van der Waals surface area contributed by atoms with Crippen LogP contribution in [0.3, 0.4) is 0 Å². The van der Waals surface area contributed by atoms with Gasteiger partial charge in [0.15, 0.2) is 0 Å². The molecule has 1 aromatic heterocycles. The van der Waals surface area contributed by atoms with E-state index in [1.54, 1.807) is 6.20 Å². The predicted molar refractivity (Wildman–Crippen MR) is 92.1 cm³/mol. The first-order valence-electron chi connectivity index (χ1n) is 8.64. The first-order chi connectivity index (χ1) is 11.3. The van der Waals surface area contributed by atoms with Crippen LogP contribution in [-0.2, 0) is 10.3 Å². The average Bonchev–Trinajstić information content (AvgIpc) is 3.03. The monoisotopic (exact) mass is 338 g/mol. The number of hydrogen-bond donors (Lipinski definition) is 1. The summed E-state index contributed by atoms with van der Waals surface area (Å²) in [6.45, 7) is 12.5. The van der Waals surface area contributed by atoms with Crippen molar-refractivity contribution in [2.24, 2.45) is 0 Å². The topological polar surface area (TPSA) is 70.8 Å². The number of aliphatic hydroxyl groups is 1. The maximum absolute atomic E-state index is 12.6. The lowest BCUT2D eigenvalue weighted by atomic mass is 10.1. The van der Waals surface area contributed by atoms with Crippen LogP contribution >= 0.6 is 0 Å². The SMILES string of the molecule is CCOC[C@@H](O)CN1CCN(C(=O)c2cnn(C(C)(C)C)c2)CC1. The van der Waals surface area contributed by atoms with Gasteiger partial charge < -0.3 is 14.7 Å². The van der Waals surface area contributed by atoms with Crippen LogP contribution in [0.25, 0.3) is 0 Å². The Kier molecular flexibility index (Phi) is 6.37. The third-order valence-electron chi connectivity index (χ3n) is 4.16. The number of piperazine rings is 1. The van der Waals surface area contributed by atoms with Gasteiger partial charge in [-0.2, -0.15) is 5.10 Å². The zero-order chi connectivity index (χ0) is 17.7. The minimum atomic E-state index is -0.475.